The molecule has 0 radical (unpaired) electrons. The number of pyridine rings is 3. The van der Waals surface area contributed by atoms with Crippen LogP contribution in [0.1, 0.15) is 16.3 Å². The Morgan fingerprint density at radius 2 is 1.92 bits per heavy atom. The number of fused-ring (bicyclic) bond motifs is 2. The summed E-state index contributed by atoms with van der Waals surface area (Å²) in [5, 5.41) is 8.27. The molecule has 6 rings (SSSR count). The third-order valence-corrected chi connectivity index (χ3v) is 6.83. The average Bonchev–Trinajstić information content (AvgIpc) is 3.54. The summed E-state index contributed by atoms with van der Waals surface area (Å²) in [4.78, 5) is 33.5. The molecule has 38 heavy (non-hydrogen) atoms. The summed E-state index contributed by atoms with van der Waals surface area (Å²) in [6.45, 7) is 4.48. The lowest BCUT2D eigenvalue weighted by Gasteiger charge is -2.28. The number of carbonyl (C=O) groups is 1. The number of hydrogen-bond acceptors (Lipinski definition) is 9. The summed E-state index contributed by atoms with van der Waals surface area (Å²) in [6.07, 6.45) is 5.22. The van der Waals surface area contributed by atoms with Crippen LogP contribution in [0.25, 0.3) is 39.0 Å². The van der Waals surface area contributed by atoms with Crippen LogP contribution in [0.5, 0.6) is 5.75 Å². The Labute approximate surface area is 218 Å². The Balaban J connectivity index is 1.58. The van der Waals surface area contributed by atoms with E-state index in [4.69, 9.17) is 24.5 Å². The second kappa shape index (κ2) is 9.38. The molecule has 0 bridgehead atoms. The van der Waals surface area contributed by atoms with E-state index >= 15 is 0 Å². The number of nitrogens with zero attached hydrogens (tertiary/aromatic N) is 8. The first-order chi connectivity index (χ1) is 18.5. The van der Waals surface area contributed by atoms with Crippen molar-refractivity contribution in [1.82, 2.24) is 39.6 Å². The molecule has 1 amide bonds. The van der Waals surface area contributed by atoms with Gasteiger partial charge < -0.3 is 24.3 Å². The molecule has 12 heteroatoms. The molecule has 1 N–H and O–H groups in total. The number of carbonyl (C=O) groups excluding carboxylic acids is 1. The maximum absolute atomic E-state index is 12.6. The van der Waals surface area contributed by atoms with Gasteiger partial charge in [-0.1, -0.05) is 0 Å². The highest BCUT2D eigenvalue weighted by atomic mass is 16.5. The predicted molar refractivity (Wildman–Crippen MR) is 142 cm³/mol. The van der Waals surface area contributed by atoms with E-state index in [0.717, 1.165) is 33.4 Å². The van der Waals surface area contributed by atoms with E-state index in [0.29, 0.717) is 55.0 Å². The van der Waals surface area contributed by atoms with Crippen LogP contribution in [0.3, 0.4) is 0 Å². The van der Waals surface area contributed by atoms with Gasteiger partial charge >= 0.3 is 0 Å². The zero-order chi connectivity index (χ0) is 26.4. The second-order valence-electron chi connectivity index (χ2n) is 9.00. The van der Waals surface area contributed by atoms with Gasteiger partial charge in [-0.2, -0.15) is 5.10 Å². The van der Waals surface area contributed by atoms with Crippen molar-refractivity contribution in [2.75, 3.05) is 45.4 Å². The van der Waals surface area contributed by atoms with Gasteiger partial charge in [-0.25, -0.2) is 14.6 Å². The number of aryl methyl sites for hydroxylation is 2. The number of methoxy groups -OCH3 is 1. The van der Waals surface area contributed by atoms with Crippen molar-refractivity contribution in [2.45, 2.75) is 6.92 Å². The number of nitrogens with one attached hydrogen (secondary N) is 1. The first kappa shape index (κ1) is 23.8. The maximum Gasteiger partial charge on any atom is 0.287 e. The van der Waals surface area contributed by atoms with Gasteiger partial charge in [0.1, 0.15) is 11.3 Å². The molecule has 1 fully saturated rings. The SMILES string of the molecule is CNC(=O)c1nc2c(N3CCOCC3)nc(-n3ncc4c(C)nc(-c5cnccc5OC)cc43)cc2n1C. The lowest BCUT2D eigenvalue weighted by Crippen LogP contribution is -2.37. The number of morpholine rings is 1. The van der Waals surface area contributed by atoms with Crippen LogP contribution >= 0.6 is 0 Å². The number of anilines is 1. The minimum absolute atomic E-state index is 0.264. The van der Waals surface area contributed by atoms with Crippen LogP contribution in [0.4, 0.5) is 5.82 Å². The van der Waals surface area contributed by atoms with Gasteiger partial charge in [-0.3, -0.25) is 14.8 Å². The summed E-state index contributed by atoms with van der Waals surface area (Å²) in [5.41, 5.74) is 4.61. The highest BCUT2D eigenvalue weighted by Gasteiger charge is 2.24. The molecule has 0 saturated carbocycles. The molecule has 5 aromatic rings. The molecule has 1 aliphatic rings. The first-order valence-electron chi connectivity index (χ1n) is 12.3. The summed E-state index contributed by atoms with van der Waals surface area (Å²) < 4.78 is 14.7. The number of imidazole rings is 1. The molecular formula is C26H27N9O3. The van der Waals surface area contributed by atoms with Crippen molar-refractivity contribution in [2.24, 2.45) is 7.05 Å². The number of aromatic nitrogens is 7. The Hall–Kier alpha value is -4.58. The molecular weight excluding hydrogens is 486 g/mol. The number of hydrogen-bond donors (Lipinski definition) is 1. The molecule has 6 heterocycles. The zero-order valence-electron chi connectivity index (χ0n) is 21.6. The molecule has 0 unspecified atom stereocenters. The van der Waals surface area contributed by atoms with E-state index in [1.807, 2.05) is 32.2 Å². The molecule has 5 aromatic heterocycles. The summed E-state index contributed by atoms with van der Waals surface area (Å²) in [6, 6.07) is 5.68. The van der Waals surface area contributed by atoms with Crippen LogP contribution in [-0.2, 0) is 11.8 Å². The minimum Gasteiger partial charge on any atom is -0.496 e. The molecule has 1 aliphatic heterocycles. The fraction of sp³-hybridized carbons (Fsp3) is 0.308. The van der Waals surface area contributed by atoms with Gasteiger partial charge in [0.25, 0.3) is 5.91 Å². The lowest BCUT2D eigenvalue weighted by molar-refractivity contribution is 0.0950. The van der Waals surface area contributed by atoms with Crippen molar-refractivity contribution in [3.05, 3.63) is 48.3 Å². The van der Waals surface area contributed by atoms with Crippen LogP contribution in [0.2, 0.25) is 0 Å². The molecule has 1 saturated heterocycles. The first-order valence-corrected chi connectivity index (χ1v) is 12.3. The molecule has 0 aromatic carbocycles. The smallest absolute Gasteiger partial charge is 0.287 e. The number of amides is 1. The van der Waals surface area contributed by atoms with Crippen LogP contribution in [0, 0.1) is 6.92 Å². The van der Waals surface area contributed by atoms with Crippen LogP contribution in [0.15, 0.2) is 36.8 Å². The highest BCUT2D eigenvalue weighted by molar-refractivity contribution is 5.98. The van der Waals surface area contributed by atoms with E-state index < -0.39 is 0 Å². The van der Waals surface area contributed by atoms with Crippen molar-refractivity contribution in [3.8, 4) is 22.8 Å². The fourth-order valence-corrected chi connectivity index (χ4v) is 4.83. The predicted octanol–water partition coefficient (Wildman–Crippen LogP) is 2.28. The van der Waals surface area contributed by atoms with Crippen molar-refractivity contribution < 1.29 is 14.3 Å². The van der Waals surface area contributed by atoms with Gasteiger partial charge in [0.2, 0.25) is 0 Å². The largest absolute Gasteiger partial charge is 0.496 e. The molecule has 0 spiro atoms. The van der Waals surface area contributed by atoms with Crippen LogP contribution in [-0.4, -0.2) is 80.7 Å². The van der Waals surface area contributed by atoms with Gasteiger partial charge in [0, 0.05) is 56.7 Å². The topological polar surface area (TPSA) is 125 Å². The average molecular weight is 514 g/mol. The van der Waals surface area contributed by atoms with E-state index in [2.05, 4.69) is 20.2 Å². The van der Waals surface area contributed by atoms with E-state index in [1.165, 1.54) is 0 Å². The van der Waals surface area contributed by atoms with Gasteiger partial charge in [-0.05, 0) is 19.1 Å². The normalized spacial score (nSPS) is 13.8. The molecule has 0 aliphatic carbocycles. The third kappa shape index (κ3) is 3.80. The summed E-state index contributed by atoms with van der Waals surface area (Å²) in [5.74, 6) is 2.03. The molecule has 12 nitrogen and oxygen atoms in total. The summed E-state index contributed by atoms with van der Waals surface area (Å²) >= 11 is 0. The quantitative estimate of drug-likeness (QED) is 0.377. The Morgan fingerprint density at radius 3 is 2.68 bits per heavy atom. The second-order valence-corrected chi connectivity index (χ2v) is 9.00. The summed E-state index contributed by atoms with van der Waals surface area (Å²) in [7, 11) is 5.05. The molecule has 0 atom stereocenters. The van der Waals surface area contributed by atoms with E-state index in [9.17, 15) is 4.79 Å². The number of ether oxygens (including phenoxy) is 2. The van der Waals surface area contributed by atoms with Gasteiger partial charge in [-0.15, -0.1) is 0 Å². The molecule has 194 valence electrons. The van der Waals surface area contributed by atoms with E-state index in [-0.39, 0.29) is 5.91 Å². The monoisotopic (exact) mass is 513 g/mol. The number of rotatable bonds is 5. The Kier molecular flexibility index (Phi) is 5.87. The van der Waals surface area contributed by atoms with Crippen molar-refractivity contribution >= 4 is 33.7 Å². The lowest BCUT2D eigenvalue weighted by atomic mass is 10.1. The van der Waals surface area contributed by atoms with Crippen molar-refractivity contribution in [1.29, 1.82) is 0 Å². The third-order valence-electron chi connectivity index (χ3n) is 6.83. The van der Waals surface area contributed by atoms with Crippen LogP contribution < -0.4 is 15.0 Å². The van der Waals surface area contributed by atoms with Gasteiger partial charge in [0.15, 0.2) is 17.5 Å². The van der Waals surface area contributed by atoms with E-state index in [1.54, 1.807) is 42.0 Å². The highest BCUT2D eigenvalue weighted by Crippen LogP contribution is 2.33. The zero-order valence-corrected chi connectivity index (χ0v) is 21.6. The Bertz CT molecular complexity index is 1680. The standard InChI is InChI=1S/C26H27N9O3/c1-15-16-14-29-35(19(16)11-18(30-15)17-13-28-6-5-21(17)37-4)22-12-20-23(32-25(33(20)3)26(36)27-2)24(31-22)34-7-9-38-10-8-34/h5-6,11-14H,7-10H2,1-4H3,(H,27,36). The minimum atomic E-state index is -0.264. The fourth-order valence-electron chi connectivity index (χ4n) is 4.83. The van der Waals surface area contributed by atoms with Gasteiger partial charge in [0.05, 0.1) is 48.8 Å². The maximum atomic E-state index is 12.6. The Morgan fingerprint density at radius 1 is 1.11 bits per heavy atom. The van der Waals surface area contributed by atoms with Crippen molar-refractivity contribution in [3.63, 3.8) is 0 Å².